The smallest absolute Gasteiger partial charge is 0.305 e. The molecule has 0 rings (SSSR count). The highest BCUT2D eigenvalue weighted by molar-refractivity contribution is 5.69. The van der Waals surface area contributed by atoms with Gasteiger partial charge in [0, 0.05) is 6.42 Å². The minimum absolute atomic E-state index is 0. The fourth-order valence-electron chi connectivity index (χ4n) is 1.16. The molecule has 0 aliphatic rings. The van der Waals surface area contributed by atoms with Crippen LogP contribution in [0, 0.1) is 0 Å². The first kappa shape index (κ1) is 15.9. The molecule has 2 nitrogen and oxygen atoms in total. The van der Waals surface area contributed by atoms with Crippen LogP contribution in [0.25, 0.3) is 0 Å². The van der Waals surface area contributed by atoms with E-state index in [9.17, 15) is 4.79 Å². The van der Waals surface area contributed by atoms with Crippen LogP contribution in [0.1, 0.15) is 66.2 Å². The lowest BCUT2D eigenvalue weighted by molar-refractivity contribution is -0.143. The Kier molecular flexibility index (Phi) is 14.2. The second kappa shape index (κ2) is 12.5. The maximum absolute atomic E-state index is 11.0. The van der Waals surface area contributed by atoms with E-state index in [1.165, 1.54) is 19.3 Å². The zero-order valence-corrected chi connectivity index (χ0v) is 8.97. The molecule has 0 atom stereocenters. The largest absolute Gasteiger partial charge is 0.466 e. The topological polar surface area (TPSA) is 26.3 Å². The lowest BCUT2D eigenvalue weighted by Gasteiger charge is -2.02. The molecule has 0 N–H and O–H groups in total. The zero-order valence-electron chi connectivity index (χ0n) is 8.97. The van der Waals surface area contributed by atoms with Gasteiger partial charge in [-0.25, -0.2) is 0 Å². The van der Waals surface area contributed by atoms with E-state index in [0.717, 1.165) is 19.3 Å². The quantitative estimate of drug-likeness (QED) is 0.440. The molecule has 0 aromatic rings. The third kappa shape index (κ3) is 11.5. The molecule has 0 aromatic heterocycles. The summed E-state index contributed by atoms with van der Waals surface area (Å²) in [5.41, 5.74) is 0. The number of carbonyl (C=O) groups is 1. The fraction of sp³-hybridized carbons (Fsp3) is 0.917. The summed E-state index contributed by atoms with van der Waals surface area (Å²) in [6, 6.07) is 0. The van der Waals surface area contributed by atoms with Gasteiger partial charge >= 0.3 is 5.97 Å². The van der Waals surface area contributed by atoms with Crippen molar-refractivity contribution >= 4 is 5.97 Å². The number of carbonyl (C=O) groups excluding carboxylic acids is 1. The van der Waals surface area contributed by atoms with E-state index >= 15 is 0 Å². The maximum Gasteiger partial charge on any atom is 0.305 e. The van der Waals surface area contributed by atoms with Gasteiger partial charge < -0.3 is 4.74 Å². The summed E-state index contributed by atoms with van der Waals surface area (Å²) in [5.74, 6) is -0.0293. The van der Waals surface area contributed by atoms with Crippen molar-refractivity contribution in [3.63, 3.8) is 0 Å². The van der Waals surface area contributed by atoms with Gasteiger partial charge in [0.15, 0.2) is 0 Å². The molecule has 86 valence electrons. The van der Waals surface area contributed by atoms with Crippen molar-refractivity contribution in [2.45, 2.75) is 66.2 Å². The van der Waals surface area contributed by atoms with Gasteiger partial charge in [-0.3, -0.25) is 4.79 Å². The van der Waals surface area contributed by atoms with E-state index in [1.807, 2.05) is 6.92 Å². The number of rotatable bonds is 8. The van der Waals surface area contributed by atoms with Crippen LogP contribution in [0.5, 0.6) is 0 Å². The fourth-order valence-corrected chi connectivity index (χ4v) is 1.16. The number of hydrogen-bond acceptors (Lipinski definition) is 2. The van der Waals surface area contributed by atoms with E-state index < -0.39 is 0 Å². The van der Waals surface area contributed by atoms with Crippen molar-refractivity contribution in [1.29, 1.82) is 0 Å². The first-order valence-corrected chi connectivity index (χ1v) is 5.46. The third-order valence-electron chi connectivity index (χ3n) is 1.95. The molecular formula is C12H26O2. The van der Waals surface area contributed by atoms with Crippen LogP contribution in [0.4, 0.5) is 0 Å². The predicted octanol–water partition coefficient (Wildman–Crippen LogP) is 3.94. The molecule has 0 aliphatic carbocycles. The molecule has 0 fully saturated rings. The molecule has 0 spiro atoms. The lowest BCUT2D eigenvalue weighted by atomic mass is 10.1. The van der Waals surface area contributed by atoms with Gasteiger partial charge in [0.1, 0.15) is 0 Å². The minimum atomic E-state index is -0.0293. The second-order valence-electron chi connectivity index (χ2n) is 3.38. The van der Waals surface area contributed by atoms with Crippen molar-refractivity contribution in [1.82, 2.24) is 0 Å². The second-order valence-corrected chi connectivity index (χ2v) is 3.38. The molecule has 14 heavy (non-hydrogen) atoms. The predicted molar refractivity (Wildman–Crippen MR) is 61.4 cm³/mol. The Morgan fingerprint density at radius 2 is 1.64 bits per heavy atom. The Bertz CT molecular complexity index is 121. The van der Waals surface area contributed by atoms with Crippen molar-refractivity contribution in [3.05, 3.63) is 0 Å². The molecule has 0 aromatic carbocycles. The molecule has 0 saturated carbocycles. The van der Waals surface area contributed by atoms with Gasteiger partial charge in [0.2, 0.25) is 0 Å². The van der Waals surface area contributed by atoms with Gasteiger partial charge in [0.25, 0.3) is 0 Å². The standard InChI is InChI=1S/C11H22O2.CH4/c1-3-5-6-7-8-9-11(12)13-10-4-2;/h3-10H2,1-2H3;1H4. The maximum atomic E-state index is 11.0. The van der Waals surface area contributed by atoms with E-state index in [1.54, 1.807) is 0 Å². The molecule has 0 heterocycles. The molecule has 0 bridgehead atoms. The highest BCUT2D eigenvalue weighted by Crippen LogP contribution is 2.05. The Morgan fingerprint density at radius 3 is 2.21 bits per heavy atom. The molecular weight excluding hydrogens is 176 g/mol. The minimum Gasteiger partial charge on any atom is -0.466 e. The van der Waals surface area contributed by atoms with Crippen LogP contribution in [-0.2, 0) is 9.53 Å². The highest BCUT2D eigenvalue weighted by atomic mass is 16.5. The van der Waals surface area contributed by atoms with Gasteiger partial charge in [-0.1, -0.05) is 47.0 Å². The van der Waals surface area contributed by atoms with Crippen molar-refractivity contribution in [2.24, 2.45) is 0 Å². The van der Waals surface area contributed by atoms with Crippen molar-refractivity contribution in [2.75, 3.05) is 6.61 Å². The first-order valence-electron chi connectivity index (χ1n) is 5.46. The van der Waals surface area contributed by atoms with Crippen LogP contribution < -0.4 is 0 Å². The normalized spacial score (nSPS) is 9.29. The van der Waals surface area contributed by atoms with Gasteiger partial charge in [-0.2, -0.15) is 0 Å². The summed E-state index contributed by atoms with van der Waals surface area (Å²) in [5, 5.41) is 0. The first-order chi connectivity index (χ1) is 6.31. The van der Waals surface area contributed by atoms with Crippen molar-refractivity contribution < 1.29 is 9.53 Å². The molecule has 0 saturated heterocycles. The summed E-state index contributed by atoms with van der Waals surface area (Å²) < 4.78 is 4.96. The zero-order chi connectivity index (χ0) is 9.94. The van der Waals surface area contributed by atoms with E-state index in [-0.39, 0.29) is 13.4 Å². The molecule has 0 radical (unpaired) electrons. The third-order valence-corrected chi connectivity index (χ3v) is 1.95. The van der Waals surface area contributed by atoms with Gasteiger partial charge in [0.05, 0.1) is 6.61 Å². The lowest BCUT2D eigenvalue weighted by Crippen LogP contribution is -2.04. The van der Waals surface area contributed by atoms with Crippen LogP contribution in [0.3, 0.4) is 0 Å². The van der Waals surface area contributed by atoms with Crippen LogP contribution >= 0.6 is 0 Å². The average Bonchev–Trinajstić information content (AvgIpc) is 2.14. The molecule has 2 heteroatoms. The average molecular weight is 202 g/mol. The molecule has 0 amide bonds. The van der Waals surface area contributed by atoms with E-state index in [0.29, 0.717) is 13.0 Å². The van der Waals surface area contributed by atoms with Crippen molar-refractivity contribution in [3.8, 4) is 0 Å². The van der Waals surface area contributed by atoms with Gasteiger partial charge in [-0.15, -0.1) is 0 Å². The summed E-state index contributed by atoms with van der Waals surface area (Å²) in [6.45, 7) is 4.78. The highest BCUT2D eigenvalue weighted by Gasteiger charge is 2.00. The van der Waals surface area contributed by atoms with E-state index in [2.05, 4.69) is 6.92 Å². The summed E-state index contributed by atoms with van der Waals surface area (Å²) in [6.07, 6.45) is 7.45. The van der Waals surface area contributed by atoms with Crippen LogP contribution in [0.2, 0.25) is 0 Å². The number of ether oxygens (including phenoxy) is 1. The van der Waals surface area contributed by atoms with Crippen LogP contribution in [-0.4, -0.2) is 12.6 Å². The Balaban J connectivity index is 0. The summed E-state index contributed by atoms with van der Waals surface area (Å²) in [7, 11) is 0. The molecule has 0 unspecified atom stereocenters. The monoisotopic (exact) mass is 202 g/mol. The van der Waals surface area contributed by atoms with Crippen LogP contribution in [0.15, 0.2) is 0 Å². The summed E-state index contributed by atoms with van der Waals surface area (Å²) >= 11 is 0. The Hall–Kier alpha value is -0.530. The van der Waals surface area contributed by atoms with E-state index in [4.69, 9.17) is 4.74 Å². The Morgan fingerprint density at radius 1 is 1.00 bits per heavy atom. The SMILES string of the molecule is C.CCCCCCCC(=O)OCCC. The summed E-state index contributed by atoms with van der Waals surface area (Å²) in [4.78, 5) is 11.0. The number of hydrogen-bond donors (Lipinski definition) is 0. The van der Waals surface area contributed by atoms with Gasteiger partial charge in [-0.05, 0) is 12.8 Å². The molecule has 0 aliphatic heterocycles. The Labute approximate surface area is 89.0 Å². The number of esters is 1. The number of unbranched alkanes of at least 4 members (excludes halogenated alkanes) is 4.